The van der Waals surface area contributed by atoms with Gasteiger partial charge < -0.3 is 14.4 Å². The Balaban J connectivity index is 1.95. The molecule has 10 nitrogen and oxygen atoms in total. The van der Waals surface area contributed by atoms with Crippen molar-refractivity contribution in [3.05, 3.63) is 65.5 Å². The van der Waals surface area contributed by atoms with Gasteiger partial charge in [-0.1, -0.05) is 6.07 Å². The molecular weight excluding hydrogens is 352 g/mol. The van der Waals surface area contributed by atoms with Gasteiger partial charge in [-0.25, -0.2) is 4.79 Å². The number of aliphatic hydroxyl groups excluding tert-OH is 1. The molecule has 0 aromatic carbocycles. The number of hydrogen-bond donors (Lipinski definition) is 2. The maximum absolute atomic E-state index is 12.6. The number of H-pyrrole nitrogens is 1. The van der Waals surface area contributed by atoms with Crippen LogP contribution in [0.2, 0.25) is 0 Å². The molecule has 0 fully saturated rings. The summed E-state index contributed by atoms with van der Waals surface area (Å²) in [6.45, 7) is 2.17. The van der Waals surface area contributed by atoms with Crippen molar-refractivity contribution < 1.29 is 19.4 Å². The lowest BCUT2D eigenvalue weighted by Crippen LogP contribution is -2.09. The maximum Gasteiger partial charge on any atom is 0.339 e. The van der Waals surface area contributed by atoms with Crippen molar-refractivity contribution in [3.8, 4) is 0 Å². The molecule has 3 heterocycles. The van der Waals surface area contributed by atoms with Gasteiger partial charge in [0.1, 0.15) is 0 Å². The van der Waals surface area contributed by atoms with Crippen molar-refractivity contribution in [1.82, 2.24) is 30.2 Å². The first kappa shape index (κ1) is 18.0. The molecule has 0 radical (unpaired) electrons. The second-order valence-corrected chi connectivity index (χ2v) is 5.41. The van der Waals surface area contributed by atoms with Crippen molar-refractivity contribution in [3.63, 3.8) is 0 Å². The number of nitrogens with one attached hydrogen (secondary N) is 1. The smallest absolute Gasteiger partial charge is 0.339 e. The van der Waals surface area contributed by atoms with Crippen LogP contribution in [0.4, 0.5) is 0 Å². The van der Waals surface area contributed by atoms with Gasteiger partial charge in [-0.05, 0) is 30.3 Å². The van der Waals surface area contributed by atoms with E-state index in [0.717, 1.165) is 6.08 Å². The van der Waals surface area contributed by atoms with Crippen LogP contribution in [0.25, 0.3) is 5.76 Å². The fourth-order valence-electron chi connectivity index (χ4n) is 2.37. The second kappa shape index (κ2) is 8.04. The third-order valence-corrected chi connectivity index (χ3v) is 3.56. The van der Waals surface area contributed by atoms with Crippen LogP contribution in [0.15, 0.2) is 42.7 Å². The number of aromatic nitrogens is 6. The lowest BCUT2D eigenvalue weighted by molar-refractivity contribution is 0.0526. The van der Waals surface area contributed by atoms with Crippen molar-refractivity contribution in [2.24, 2.45) is 0 Å². The number of ether oxygens (including phenoxy) is 1. The largest absolute Gasteiger partial charge is 0.504 e. The van der Waals surface area contributed by atoms with Crippen molar-refractivity contribution in [2.75, 3.05) is 6.61 Å². The normalized spacial score (nSPS) is 11.4. The zero-order valence-corrected chi connectivity index (χ0v) is 14.4. The number of tetrazole rings is 1. The van der Waals surface area contributed by atoms with E-state index in [1.165, 1.54) is 12.3 Å². The van der Waals surface area contributed by atoms with E-state index in [1.807, 2.05) is 6.07 Å². The first-order valence-electron chi connectivity index (χ1n) is 8.04. The summed E-state index contributed by atoms with van der Waals surface area (Å²) in [5.41, 5.74) is 1.10. The summed E-state index contributed by atoms with van der Waals surface area (Å²) in [6.07, 6.45) is 4.11. The minimum Gasteiger partial charge on any atom is -0.504 e. The molecule has 0 unspecified atom stereocenters. The van der Waals surface area contributed by atoms with Crippen molar-refractivity contribution in [1.29, 1.82) is 0 Å². The molecule has 0 saturated carbocycles. The Bertz CT molecular complexity index is 963. The van der Waals surface area contributed by atoms with Gasteiger partial charge in [0.05, 0.1) is 30.1 Å². The Morgan fingerprint density at radius 1 is 1.37 bits per heavy atom. The first-order chi connectivity index (χ1) is 13.1. The van der Waals surface area contributed by atoms with Crippen molar-refractivity contribution >= 4 is 17.5 Å². The van der Waals surface area contributed by atoms with Crippen LogP contribution in [-0.4, -0.2) is 53.6 Å². The molecule has 0 aliphatic heterocycles. The number of rotatable bonds is 7. The van der Waals surface area contributed by atoms with E-state index in [0.29, 0.717) is 5.69 Å². The van der Waals surface area contributed by atoms with Crippen LogP contribution >= 0.6 is 0 Å². The highest BCUT2D eigenvalue weighted by Crippen LogP contribution is 2.15. The number of carbonyl (C=O) groups is 2. The maximum atomic E-state index is 12.6. The third kappa shape index (κ3) is 4.24. The molecule has 27 heavy (non-hydrogen) atoms. The Labute approximate surface area is 153 Å². The number of nitrogens with zero attached hydrogens (tertiary/aromatic N) is 5. The molecule has 0 spiro atoms. The van der Waals surface area contributed by atoms with Crippen LogP contribution < -0.4 is 0 Å². The van der Waals surface area contributed by atoms with E-state index >= 15 is 0 Å². The SMILES string of the molecule is CCOC(=O)c1cc(C(=O)C=C(O)c2nn[nH]n2)n(Cc2ccccn2)c1. The van der Waals surface area contributed by atoms with E-state index in [2.05, 4.69) is 25.6 Å². The summed E-state index contributed by atoms with van der Waals surface area (Å²) in [7, 11) is 0. The van der Waals surface area contributed by atoms with E-state index < -0.39 is 17.5 Å². The first-order valence-corrected chi connectivity index (χ1v) is 8.04. The summed E-state index contributed by atoms with van der Waals surface area (Å²) >= 11 is 0. The van der Waals surface area contributed by atoms with E-state index in [1.54, 1.807) is 29.8 Å². The summed E-state index contributed by atoms with van der Waals surface area (Å²) < 4.78 is 6.56. The molecule has 2 N–H and O–H groups in total. The quantitative estimate of drug-likeness (QED) is 0.276. The van der Waals surface area contributed by atoms with Gasteiger partial charge in [-0.15, -0.1) is 10.2 Å². The van der Waals surface area contributed by atoms with Gasteiger partial charge in [-0.2, -0.15) is 5.21 Å². The van der Waals surface area contributed by atoms with Gasteiger partial charge in [0.25, 0.3) is 0 Å². The number of ketones is 1. The Kier molecular flexibility index (Phi) is 5.36. The Hall–Kier alpha value is -3.82. The van der Waals surface area contributed by atoms with E-state index in [9.17, 15) is 14.7 Å². The molecule has 0 amide bonds. The topological polar surface area (TPSA) is 136 Å². The molecule has 0 saturated heterocycles. The molecule has 3 aromatic heterocycles. The van der Waals surface area contributed by atoms with Crippen molar-refractivity contribution in [2.45, 2.75) is 13.5 Å². The van der Waals surface area contributed by atoms with E-state index in [-0.39, 0.29) is 30.2 Å². The molecule has 0 atom stereocenters. The zero-order valence-electron chi connectivity index (χ0n) is 14.4. The van der Waals surface area contributed by atoms with Gasteiger partial charge in [-0.3, -0.25) is 9.78 Å². The van der Waals surface area contributed by atoms with Gasteiger partial charge in [0, 0.05) is 18.5 Å². The fraction of sp³-hybridized carbons (Fsp3) is 0.176. The highest BCUT2D eigenvalue weighted by molar-refractivity contribution is 6.08. The van der Waals surface area contributed by atoms with Crippen LogP contribution in [0.1, 0.15) is 39.3 Å². The number of carbonyl (C=O) groups excluding carboxylic acids is 2. The van der Waals surface area contributed by atoms with Crippen LogP contribution in [0.3, 0.4) is 0 Å². The summed E-state index contributed by atoms with van der Waals surface area (Å²) in [4.78, 5) is 28.9. The minimum absolute atomic E-state index is 0.114. The highest BCUT2D eigenvalue weighted by Gasteiger charge is 2.19. The second-order valence-electron chi connectivity index (χ2n) is 5.41. The predicted octanol–water partition coefficient (Wildman–Crippen LogP) is 1.40. The lowest BCUT2D eigenvalue weighted by Gasteiger charge is -2.06. The van der Waals surface area contributed by atoms with Gasteiger partial charge >= 0.3 is 5.97 Å². The lowest BCUT2D eigenvalue weighted by atomic mass is 10.2. The molecule has 138 valence electrons. The monoisotopic (exact) mass is 368 g/mol. The van der Waals surface area contributed by atoms with Gasteiger partial charge in [0.2, 0.25) is 11.6 Å². The molecule has 0 aliphatic carbocycles. The average Bonchev–Trinajstić information content (AvgIpc) is 3.33. The molecule has 3 aromatic rings. The summed E-state index contributed by atoms with van der Waals surface area (Å²) in [5, 5.41) is 22.7. The van der Waals surface area contributed by atoms with E-state index in [4.69, 9.17) is 4.74 Å². The fourth-order valence-corrected chi connectivity index (χ4v) is 2.37. The molecule has 0 bridgehead atoms. The number of aliphatic hydroxyl groups is 1. The standard InChI is InChI=1S/C17H16N6O4/c1-2-27-17(26)11-7-13(14(24)8-15(25)16-19-21-22-20-16)23(9-11)10-12-5-3-4-6-18-12/h3-9,25H,2,10H2,1H3,(H,19,20,21,22). The molecule has 3 rings (SSSR count). The van der Waals surface area contributed by atoms with Crippen LogP contribution in [0, 0.1) is 0 Å². The Morgan fingerprint density at radius 2 is 2.22 bits per heavy atom. The average molecular weight is 368 g/mol. The number of allylic oxidation sites excluding steroid dienone is 1. The molecule has 10 heteroatoms. The summed E-state index contributed by atoms with van der Waals surface area (Å²) in [5.74, 6) is -1.64. The summed E-state index contributed by atoms with van der Waals surface area (Å²) in [6, 6.07) is 6.80. The molecular formula is C17H16N6O4. The van der Waals surface area contributed by atoms with Gasteiger partial charge in [0.15, 0.2) is 5.76 Å². The predicted molar refractivity (Wildman–Crippen MR) is 92.8 cm³/mol. The third-order valence-electron chi connectivity index (χ3n) is 3.56. The van der Waals surface area contributed by atoms with Crippen LogP contribution in [0.5, 0.6) is 0 Å². The Morgan fingerprint density at radius 3 is 2.89 bits per heavy atom. The minimum atomic E-state index is -0.544. The number of aromatic amines is 1. The number of esters is 1. The zero-order chi connectivity index (χ0) is 19.2. The number of hydrogen-bond acceptors (Lipinski definition) is 8. The number of pyridine rings is 1. The van der Waals surface area contributed by atoms with Crippen LogP contribution in [-0.2, 0) is 11.3 Å². The molecule has 0 aliphatic rings. The highest BCUT2D eigenvalue weighted by atomic mass is 16.5.